The molecule has 0 fully saturated rings. The molecule has 2 atom stereocenters. The quantitative estimate of drug-likeness (QED) is 0.856. The van der Waals surface area contributed by atoms with Gasteiger partial charge in [-0.1, -0.05) is 19.1 Å². The highest BCUT2D eigenvalue weighted by molar-refractivity contribution is 8.00. The van der Waals surface area contributed by atoms with E-state index >= 15 is 0 Å². The molecule has 6 nitrogen and oxygen atoms in total. The van der Waals surface area contributed by atoms with Crippen molar-refractivity contribution in [1.82, 2.24) is 9.78 Å². The number of nitrogens with zero attached hydrogens (tertiary/aromatic N) is 1. The number of amides is 1. The van der Waals surface area contributed by atoms with Crippen LogP contribution in [-0.4, -0.2) is 28.0 Å². The Hall–Kier alpha value is -2.15. The number of hydrogen-bond acceptors (Lipinski definition) is 4. The van der Waals surface area contributed by atoms with Gasteiger partial charge in [0, 0.05) is 6.04 Å². The predicted octanol–water partition coefficient (Wildman–Crippen LogP) is 3.32. The molecule has 2 unspecified atom stereocenters. The second kappa shape index (κ2) is 7.39. The van der Waals surface area contributed by atoms with Crippen molar-refractivity contribution in [2.24, 2.45) is 0 Å². The molecule has 0 aliphatic carbocycles. The lowest BCUT2D eigenvalue weighted by Gasteiger charge is -2.16. The summed E-state index contributed by atoms with van der Waals surface area (Å²) in [6.45, 7) is 6.62. The lowest BCUT2D eigenvalue weighted by Crippen LogP contribution is -2.18. The summed E-state index contributed by atoms with van der Waals surface area (Å²) in [7, 11) is 0. The van der Waals surface area contributed by atoms with Crippen LogP contribution >= 0.6 is 11.8 Å². The van der Waals surface area contributed by atoms with Gasteiger partial charge >= 0.3 is 0 Å². The number of rotatable bonds is 5. The van der Waals surface area contributed by atoms with E-state index in [0.29, 0.717) is 23.7 Å². The number of fused-ring (bicyclic) bond motifs is 1. The highest BCUT2D eigenvalue weighted by Crippen LogP contribution is 2.40. The summed E-state index contributed by atoms with van der Waals surface area (Å²) in [5.74, 6) is 1.61. The van der Waals surface area contributed by atoms with Crippen molar-refractivity contribution < 1.29 is 9.53 Å². The van der Waals surface area contributed by atoms with Gasteiger partial charge in [0.1, 0.15) is 11.6 Å². The Kier molecular flexibility index (Phi) is 5.22. The van der Waals surface area contributed by atoms with E-state index < -0.39 is 0 Å². The lowest BCUT2D eigenvalue weighted by atomic mass is 10.1. The third-order valence-corrected chi connectivity index (χ3v) is 5.66. The van der Waals surface area contributed by atoms with Crippen molar-refractivity contribution in [3.63, 3.8) is 0 Å². The van der Waals surface area contributed by atoms with Crippen LogP contribution in [0.2, 0.25) is 0 Å². The van der Waals surface area contributed by atoms with E-state index in [1.165, 1.54) is 11.8 Å². The number of ether oxygens (including phenoxy) is 1. The Morgan fingerprint density at radius 2 is 2.00 bits per heavy atom. The van der Waals surface area contributed by atoms with Gasteiger partial charge in [-0.05, 0) is 38.0 Å². The van der Waals surface area contributed by atoms with Gasteiger partial charge in [-0.2, -0.15) is 0 Å². The predicted molar refractivity (Wildman–Crippen MR) is 101 cm³/mol. The van der Waals surface area contributed by atoms with Crippen LogP contribution < -0.4 is 15.6 Å². The van der Waals surface area contributed by atoms with Crippen molar-refractivity contribution in [1.29, 1.82) is 0 Å². The topological polar surface area (TPSA) is 76.1 Å². The molecule has 1 aliphatic heterocycles. The average molecular weight is 361 g/mol. The first kappa shape index (κ1) is 17.7. The molecule has 0 radical (unpaired) electrons. The Morgan fingerprint density at radius 3 is 2.64 bits per heavy atom. The van der Waals surface area contributed by atoms with Crippen LogP contribution in [0.15, 0.2) is 29.1 Å². The first-order valence-electron chi connectivity index (χ1n) is 8.53. The zero-order valence-electron chi connectivity index (χ0n) is 14.7. The van der Waals surface area contributed by atoms with Crippen molar-refractivity contribution in [2.75, 3.05) is 17.7 Å². The third-order valence-electron chi connectivity index (χ3n) is 4.39. The van der Waals surface area contributed by atoms with Crippen molar-refractivity contribution in [2.45, 2.75) is 38.5 Å². The van der Waals surface area contributed by atoms with E-state index in [4.69, 9.17) is 4.74 Å². The Balaban J connectivity index is 2.06. The van der Waals surface area contributed by atoms with E-state index in [-0.39, 0.29) is 22.8 Å². The Labute approximate surface area is 150 Å². The fourth-order valence-electron chi connectivity index (χ4n) is 2.93. The van der Waals surface area contributed by atoms with Gasteiger partial charge in [-0.15, -0.1) is 11.8 Å². The van der Waals surface area contributed by atoms with Gasteiger partial charge in [0.05, 0.1) is 23.2 Å². The van der Waals surface area contributed by atoms with Crippen LogP contribution in [0.25, 0.3) is 0 Å². The van der Waals surface area contributed by atoms with E-state index in [9.17, 15) is 9.59 Å². The number of carbonyl (C=O) groups is 1. The molecule has 2 heterocycles. The minimum atomic E-state index is -0.196. The highest BCUT2D eigenvalue weighted by Gasteiger charge is 2.31. The maximum atomic E-state index is 12.7. The Morgan fingerprint density at radius 1 is 1.28 bits per heavy atom. The molecule has 0 saturated heterocycles. The zero-order chi connectivity index (χ0) is 18.0. The van der Waals surface area contributed by atoms with Crippen molar-refractivity contribution >= 4 is 23.5 Å². The summed E-state index contributed by atoms with van der Waals surface area (Å²) in [6.07, 6.45) is 0.855. The molecule has 1 aromatic carbocycles. The molecular weight excluding hydrogens is 338 g/mol. The molecule has 1 aliphatic rings. The summed E-state index contributed by atoms with van der Waals surface area (Å²) in [5.41, 5.74) is 1.45. The lowest BCUT2D eigenvalue weighted by molar-refractivity contribution is -0.113. The van der Waals surface area contributed by atoms with Crippen LogP contribution in [0.5, 0.6) is 5.75 Å². The first-order chi connectivity index (χ1) is 12.0. The number of anilines is 1. The summed E-state index contributed by atoms with van der Waals surface area (Å²) in [5, 5.41) is 5.60. The second-order valence-electron chi connectivity index (χ2n) is 6.07. The SMILES string of the molecule is CCOc1ccc(C2SCC(=O)Nc3c2c(=O)[nH]n3C(C)CC)cc1. The molecule has 3 rings (SSSR count). The molecule has 1 aromatic heterocycles. The van der Waals surface area contributed by atoms with Gasteiger partial charge in [0.15, 0.2) is 0 Å². The van der Waals surface area contributed by atoms with Crippen LogP contribution in [0, 0.1) is 0 Å². The van der Waals surface area contributed by atoms with Crippen LogP contribution in [0.4, 0.5) is 5.82 Å². The molecule has 25 heavy (non-hydrogen) atoms. The van der Waals surface area contributed by atoms with E-state index in [2.05, 4.69) is 10.4 Å². The number of aromatic amines is 1. The van der Waals surface area contributed by atoms with E-state index in [1.54, 1.807) is 4.68 Å². The Bertz CT molecular complexity index is 810. The number of aromatic nitrogens is 2. The number of hydrogen-bond donors (Lipinski definition) is 2. The van der Waals surface area contributed by atoms with E-state index in [0.717, 1.165) is 17.7 Å². The molecule has 1 amide bonds. The number of carbonyl (C=O) groups excluding carboxylic acids is 1. The summed E-state index contributed by atoms with van der Waals surface area (Å²) >= 11 is 1.47. The minimum Gasteiger partial charge on any atom is -0.494 e. The molecule has 2 aromatic rings. The molecule has 0 saturated carbocycles. The maximum absolute atomic E-state index is 12.7. The highest BCUT2D eigenvalue weighted by atomic mass is 32.2. The number of benzene rings is 1. The third kappa shape index (κ3) is 3.46. The number of thioether (sulfide) groups is 1. The molecule has 134 valence electrons. The fourth-order valence-corrected chi connectivity index (χ4v) is 4.05. The molecule has 0 bridgehead atoms. The smallest absolute Gasteiger partial charge is 0.270 e. The summed E-state index contributed by atoms with van der Waals surface area (Å²) in [4.78, 5) is 24.8. The van der Waals surface area contributed by atoms with Crippen molar-refractivity contribution in [3.05, 3.63) is 45.7 Å². The minimum absolute atomic E-state index is 0.0873. The first-order valence-corrected chi connectivity index (χ1v) is 9.58. The van der Waals surface area contributed by atoms with Gasteiger partial charge in [0.25, 0.3) is 5.56 Å². The molecule has 0 spiro atoms. The standard InChI is InChI=1S/C18H23N3O3S/c1-4-11(3)21-17-15(18(23)20-21)16(25-10-14(22)19-17)12-6-8-13(9-7-12)24-5-2/h6-9,11,16H,4-5,10H2,1-3H3,(H,19,22)(H,20,23). The molecule has 2 N–H and O–H groups in total. The number of H-pyrrole nitrogens is 1. The number of nitrogens with one attached hydrogen (secondary N) is 2. The van der Waals surface area contributed by atoms with Gasteiger partial charge < -0.3 is 10.1 Å². The molecule has 7 heteroatoms. The second-order valence-corrected chi connectivity index (χ2v) is 7.17. The zero-order valence-corrected chi connectivity index (χ0v) is 15.5. The molecular formula is C18H23N3O3S. The summed E-state index contributed by atoms with van der Waals surface area (Å²) in [6, 6.07) is 7.82. The maximum Gasteiger partial charge on any atom is 0.270 e. The van der Waals surface area contributed by atoms with Crippen LogP contribution in [0.3, 0.4) is 0 Å². The summed E-state index contributed by atoms with van der Waals surface area (Å²) < 4.78 is 7.27. The van der Waals surface area contributed by atoms with E-state index in [1.807, 2.05) is 45.0 Å². The van der Waals surface area contributed by atoms with Gasteiger partial charge in [0.2, 0.25) is 5.91 Å². The van der Waals surface area contributed by atoms with Crippen LogP contribution in [0.1, 0.15) is 49.6 Å². The fraction of sp³-hybridized carbons (Fsp3) is 0.444. The largest absolute Gasteiger partial charge is 0.494 e. The van der Waals surface area contributed by atoms with Crippen molar-refractivity contribution in [3.8, 4) is 5.75 Å². The van der Waals surface area contributed by atoms with Gasteiger partial charge in [-0.25, -0.2) is 0 Å². The van der Waals surface area contributed by atoms with Gasteiger partial charge in [-0.3, -0.25) is 19.4 Å². The average Bonchev–Trinajstić information content (AvgIpc) is 2.82. The normalized spacial score (nSPS) is 18.2. The van der Waals surface area contributed by atoms with Crippen LogP contribution in [-0.2, 0) is 4.79 Å². The monoisotopic (exact) mass is 361 g/mol.